The molecule has 0 aromatic heterocycles. The summed E-state index contributed by atoms with van der Waals surface area (Å²) < 4.78 is 40.5. The van der Waals surface area contributed by atoms with E-state index in [1.807, 2.05) is 0 Å². The van der Waals surface area contributed by atoms with E-state index in [9.17, 15) is 23.1 Å². The lowest BCUT2D eigenvalue weighted by atomic mass is 9.99. The molecule has 3 heterocycles. The first-order valence-electron chi connectivity index (χ1n) is 14.2. The van der Waals surface area contributed by atoms with Gasteiger partial charge in [0, 0.05) is 18.6 Å². The molecule has 0 aliphatic carbocycles. The van der Waals surface area contributed by atoms with Crippen LogP contribution in [0.1, 0.15) is 95.6 Å². The van der Waals surface area contributed by atoms with Crippen molar-refractivity contribution in [2.24, 2.45) is 0 Å². The molecule has 1 N–H and O–H groups in total. The molecule has 2 bridgehead atoms. The third-order valence-corrected chi connectivity index (χ3v) is 9.07. The molecule has 0 saturated carbocycles. The summed E-state index contributed by atoms with van der Waals surface area (Å²) in [5.74, 6) is -0.373. The number of carbonyl (C=O) groups excluding carboxylic acids is 1. The van der Waals surface area contributed by atoms with E-state index in [1.165, 1.54) is 43.1 Å². The van der Waals surface area contributed by atoms with Crippen molar-refractivity contribution in [3.63, 3.8) is 0 Å². The average Bonchev–Trinajstić information content (AvgIpc) is 3.21. The Labute approximate surface area is 234 Å². The number of anilines is 1. The number of aliphatic hydroxyl groups excluding tert-OH is 1. The van der Waals surface area contributed by atoms with E-state index < -0.39 is 22.8 Å². The van der Waals surface area contributed by atoms with Gasteiger partial charge in [-0.25, -0.2) is 0 Å². The molecule has 10 heteroatoms. The predicted molar refractivity (Wildman–Crippen MR) is 148 cm³/mol. The van der Waals surface area contributed by atoms with Gasteiger partial charge in [-0.05, 0) is 89.3 Å². The number of piperidine rings is 1. The van der Waals surface area contributed by atoms with Crippen LogP contribution in [0.3, 0.4) is 0 Å². The molecule has 1 aromatic carbocycles. The highest BCUT2D eigenvalue weighted by Gasteiger charge is 2.49. The zero-order chi connectivity index (χ0) is 28.4. The number of hydrogen-bond donors (Lipinski definition) is 1. The van der Waals surface area contributed by atoms with Gasteiger partial charge in [-0.1, -0.05) is 32.1 Å². The minimum absolute atomic E-state index is 0.0284. The topological polar surface area (TPSA) is 70.8 Å². The number of rotatable bonds is 11. The van der Waals surface area contributed by atoms with Crippen LogP contribution < -0.4 is 4.90 Å². The number of alkyl halides is 3. The highest BCUT2D eigenvalue weighted by molar-refractivity contribution is 7.80. The van der Waals surface area contributed by atoms with Gasteiger partial charge in [0.05, 0.1) is 29.0 Å². The summed E-state index contributed by atoms with van der Waals surface area (Å²) in [6, 6.07) is 5.99. The summed E-state index contributed by atoms with van der Waals surface area (Å²) in [5, 5.41) is 19.2. The molecule has 3 fully saturated rings. The van der Waals surface area contributed by atoms with Gasteiger partial charge < -0.3 is 10.0 Å². The molecule has 3 aliphatic heterocycles. The van der Waals surface area contributed by atoms with Gasteiger partial charge in [-0.15, -0.1) is 0 Å². The maximum atomic E-state index is 13.5. The first-order valence-corrected chi connectivity index (χ1v) is 14.6. The van der Waals surface area contributed by atoms with Gasteiger partial charge in [0.25, 0.3) is 5.91 Å². The molecule has 1 aromatic rings. The summed E-state index contributed by atoms with van der Waals surface area (Å²) in [6.45, 7) is 5.17. The fraction of sp³-hybridized carbons (Fsp3) is 0.690. The largest absolute Gasteiger partial charge is 0.417 e. The van der Waals surface area contributed by atoms with Crippen molar-refractivity contribution in [1.29, 1.82) is 5.26 Å². The summed E-state index contributed by atoms with van der Waals surface area (Å²) in [7, 11) is 0. The summed E-state index contributed by atoms with van der Waals surface area (Å²) in [6.07, 6.45) is 7.14. The summed E-state index contributed by atoms with van der Waals surface area (Å²) in [4.78, 5) is 18.8. The average molecular weight is 565 g/mol. The second-order valence-electron chi connectivity index (χ2n) is 11.7. The van der Waals surface area contributed by atoms with E-state index in [4.69, 9.17) is 17.5 Å². The quantitative estimate of drug-likeness (QED) is 0.262. The van der Waals surface area contributed by atoms with E-state index in [2.05, 4.69) is 4.90 Å². The molecular formula is C29H39F3N4O2S. The van der Waals surface area contributed by atoms with Crippen LogP contribution in [-0.4, -0.2) is 62.7 Å². The molecule has 39 heavy (non-hydrogen) atoms. The van der Waals surface area contributed by atoms with Gasteiger partial charge in [0.1, 0.15) is 5.54 Å². The molecule has 214 valence electrons. The van der Waals surface area contributed by atoms with Crippen molar-refractivity contribution in [3.8, 4) is 6.07 Å². The highest BCUT2D eigenvalue weighted by Crippen LogP contribution is 2.38. The van der Waals surface area contributed by atoms with Crippen LogP contribution in [0.25, 0.3) is 0 Å². The number of unbranched alkanes of at least 4 members (excludes halogenated alkanes) is 6. The molecule has 3 aliphatic rings. The molecule has 1 amide bonds. The van der Waals surface area contributed by atoms with Gasteiger partial charge in [-0.3, -0.25) is 14.6 Å². The van der Waals surface area contributed by atoms with Crippen LogP contribution in [0.2, 0.25) is 0 Å². The Morgan fingerprint density at radius 3 is 2.15 bits per heavy atom. The molecule has 6 nitrogen and oxygen atoms in total. The minimum Gasteiger partial charge on any atom is -0.393 e. The number of thiocarbonyl (C=S) groups is 1. The Morgan fingerprint density at radius 2 is 1.59 bits per heavy atom. The number of fused-ring (bicyclic) bond motifs is 2. The van der Waals surface area contributed by atoms with Gasteiger partial charge >= 0.3 is 6.18 Å². The molecule has 3 saturated heterocycles. The van der Waals surface area contributed by atoms with Crippen molar-refractivity contribution in [2.75, 3.05) is 18.0 Å². The fourth-order valence-corrected chi connectivity index (χ4v) is 7.01. The van der Waals surface area contributed by atoms with E-state index >= 15 is 0 Å². The number of aliphatic hydroxyl groups is 1. The second kappa shape index (κ2) is 12.1. The lowest BCUT2D eigenvalue weighted by molar-refractivity contribution is -0.137. The van der Waals surface area contributed by atoms with E-state index in [0.29, 0.717) is 18.6 Å². The smallest absolute Gasteiger partial charge is 0.393 e. The summed E-state index contributed by atoms with van der Waals surface area (Å²) >= 11 is 5.56. The molecule has 2 atom stereocenters. The Kier molecular flexibility index (Phi) is 9.24. The number of halogens is 3. The zero-order valence-electron chi connectivity index (χ0n) is 22.8. The third kappa shape index (κ3) is 6.41. The normalized spacial score (nSPS) is 25.0. The lowest BCUT2D eigenvalue weighted by Gasteiger charge is -2.37. The number of hydrogen-bond acceptors (Lipinski definition) is 5. The minimum atomic E-state index is -4.71. The van der Waals surface area contributed by atoms with Crippen molar-refractivity contribution >= 4 is 28.9 Å². The Bertz CT molecular complexity index is 1090. The Balaban J connectivity index is 1.21. The first-order chi connectivity index (χ1) is 18.4. The first kappa shape index (κ1) is 29.8. The van der Waals surface area contributed by atoms with Crippen LogP contribution in [-0.2, 0) is 11.0 Å². The SMILES string of the molecule is CC1(C)C(=O)N(c2ccc(C#N)c(C(F)(F)F)c2)C(=S)N1CCCCCCCCCN1C2CCC1CC(O)C2. The molecule has 4 rings (SSSR count). The summed E-state index contributed by atoms with van der Waals surface area (Å²) in [5.41, 5.74) is -2.50. The van der Waals surface area contributed by atoms with Crippen LogP contribution in [0.4, 0.5) is 18.9 Å². The molecule has 0 spiro atoms. The van der Waals surface area contributed by atoms with Crippen molar-refractivity contribution in [3.05, 3.63) is 29.3 Å². The molecule has 0 radical (unpaired) electrons. The number of carbonyl (C=O) groups is 1. The highest BCUT2D eigenvalue weighted by atomic mass is 32.1. The van der Waals surface area contributed by atoms with Crippen molar-refractivity contribution < 1.29 is 23.1 Å². The third-order valence-electron chi connectivity index (χ3n) is 8.67. The van der Waals surface area contributed by atoms with E-state index in [-0.39, 0.29) is 22.8 Å². The second-order valence-corrected chi connectivity index (χ2v) is 12.1. The molecular weight excluding hydrogens is 525 g/mol. The van der Waals surface area contributed by atoms with Crippen LogP contribution >= 0.6 is 12.2 Å². The van der Waals surface area contributed by atoms with Crippen LogP contribution in [0, 0.1) is 11.3 Å². The standard InChI is InChI=1S/C29H39F3N4O2S/c1-28(2)26(38)36(23-11-10-20(19-33)25(18-23)29(30,31)32)27(39)35(28)15-9-7-5-3-4-6-8-14-34-21-12-13-22(34)17-24(37)16-21/h10-11,18,21-22,24,37H,3-9,12-17H2,1-2H3. The maximum Gasteiger partial charge on any atom is 0.417 e. The van der Waals surface area contributed by atoms with E-state index in [1.54, 1.807) is 24.8 Å². The number of amides is 1. The zero-order valence-corrected chi connectivity index (χ0v) is 23.7. The lowest BCUT2D eigenvalue weighted by Crippen LogP contribution is -2.44. The van der Waals surface area contributed by atoms with Crippen molar-refractivity contribution in [1.82, 2.24) is 9.80 Å². The monoisotopic (exact) mass is 564 g/mol. The van der Waals surface area contributed by atoms with Crippen LogP contribution in [0.15, 0.2) is 18.2 Å². The number of benzene rings is 1. The van der Waals surface area contributed by atoms with Crippen LogP contribution in [0.5, 0.6) is 0 Å². The van der Waals surface area contributed by atoms with E-state index in [0.717, 1.165) is 57.2 Å². The Hall–Kier alpha value is -2.22. The number of nitrogens with zero attached hydrogens (tertiary/aromatic N) is 4. The maximum absolute atomic E-state index is 13.5. The van der Waals surface area contributed by atoms with Gasteiger partial charge in [0.2, 0.25) is 0 Å². The predicted octanol–water partition coefficient (Wildman–Crippen LogP) is 6.01. The van der Waals surface area contributed by atoms with Crippen molar-refractivity contribution in [2.45, 2.75) is 114 Å². The fourth-order valence-electron chi connectivity index (χ4n) is 6.50. The number of nitriles is 1. The van der Waals surface area contributed by atoms with Gasteiger partial charge in [-0.2, -0.15) is 18.4 Å². The van der Waals surface area contributed by atoms with Gasteiger partial charge in [0.15, 0.2) is 5.11 Å². The Morgan fingerprint density at radius 1 is 1.03 bits per heavy atom. The molecule has 2 unspecified atom stereocenters.